The Morgan fingerprint density at radius 2 is 1.61 bits per heavy atom. The lowest BCUT2D eigenvalue weighted by atomic mass is 9.87. The number of aliphatic hydroxyl groups is 1. The van der Waals surface area contributed by atoms with E-state index in [1.54, 1.807) is 48.5 Å². The number of ether oxygens (including phenoxy) is 2. The maximum absolute atomic E-state index is 11.9. The molecule has 36 heavy (non-hydrogen) atoms. The molecule has 1 aliphatic carbocycles. The third-order valence-corrected chi connectivity index (χ3v) is 5.13. The van der Waals surface area contributed by atoms with Crippen molar-refractivity contribution in [1.82, 2.24) is 4.90 Å². The molecule has 2 aromatic carbocycles. The number of rotatable bonds is 8. The number of carbonyl (C=O) groups excluding carboxylic acids is 3. The molecule has 9 heteroatoms. The number of aliphatic hydroxyl groups excluding tert-OH is 1. The minimum Gasteiger partial charge on any atom is -0.507 e. The number of esters is 1. The van der Waals surface area contributed by atoms with E-state index in [9.17, 15) is 19.5 Å². The summed E-state index contributed by atoms with van der Waals surface area (Å²) in [4.78, 5) is 37.0. The maximum atomic E-state index is 11.9. The fraction of sp³-hybridized carbons (Fsp3) is 0.296. The molecule has 0 radical (unpaired) electrons. The van der Waals surface area contributed by atoms with Crippen LogP contribution >= 0.6 is 24.0 Å². The highest BCUT2D eigenvalue weighted by Crippen LogP contribution is 2.29. The van der Waals surface area contributed by atoms with E-state index < -0.39 is 11.6 Å². The molecule has 0 atom stereocenters. The van der Waals surface area contributed by atoms with E-state index >= 15 is 0 Å². The van der Waals surface area contributed by atoms with Gasteiger partial charge in [-0.2, -0.15) is 0 Å². The molecule has 194 valence electrons. The Balaban J connectivity index is 0.000000351. The van der Waals surface area contributed by atoms with Gasteiger partial charge in [-0.15, -0.1) is 12.4 Å². The van der Waals surface area contributed by atoms with E-state index in [2.05, 4.69) is 0 Å². The van der Waals surface area contributed by atoms with E-state index in [-0.39, 0.29) is 48.3 Å². The molecule has 0 saturated heterocycles. The van der Waals surface area contributed by atoms with Crippen LogP contribution in [0.3, 0.4) is 0 Å². The highest BCUT2D eigenvalue weighted by atomic mass is 35.5. The third-order valence-electron chi connectivity index (χ3n) is 4.88. The molecule has 0 fully saturated rings. The number of allylic oxidation sites excluding steroid dienone is 3. The number of ketones is 2. The highest BCUT2D eigenvalue weighted by molar-refractivity contribution is 6.52. The van der Waals surface area contributed by atoms with Crippen LogP contribution in [0.2, 0.25) is 5.02 Å². The standard InChI is InChI=1S/C15H14O3.C12H16ClNO3.ClH/c1-9(2)7-8-12-13(16)10-5-3-4-6-11(10)14(17)15(12)18;1-14(2)7-8-16-12(15)9-17-11-5-3-10(13)4-6-11;/h3-7,16H,8H2,1-2H3;3-6H,7-9H2,1-2H3;1H. The summed E-state index contributed by atoms with van der Waals surface area (Å²) >= 11 is 5.72. The zero-order chi connectivity index (χ0) is 26.0. The van der Waals surface area contributed by atoms with Crippen molar-refractivity contribution in [1.29, 1.82) is 0 Å². The molecule has 0 unspecified atom stereocenters. The Kier molecular flexibility index (Phi) is 12.9. The number of benzene rings is 2. The number of likely N-dealkylation sites (N-methyl/N-ethyl adjacent to an activating group) is 1. The van der Waals surface area contributed by atoms with Gasteiger partial charge in [0.15, 0.2) is 6.61 Å². The minimum absolute atomic E-state index is 0. The predicted octanol–water partition coefficient (Wildman–Crippen LogP) is 5.32. The molecular formula is C27H31Cl2NO6. The summed E-state index contributed by atoms with van der Waals surface area (Å²) in [6.45, 7) is 4.79. The second-order valence-electron chi connectivity index (χ2n) is 8.28. The molecule has 0 aliphatic heterocycles. The van der Waals surface area contributed by atoms with Crippen LogP contribution in [0.5, 0.6) is 5.75 Å². The number of Topliss-reactive ketones (excluding diaryl/α,β-unsaturated/α-hetero) is 2. The third kappa shape index (κ3) is 9.49. The smallest absolute Gasteiger partial charge is 0.344 e. The SMILES string of the molecule is CC(C)=CCC1=C(O)c2ccccc2C(=O)C1=O.CN(C)CCOC(=O)COc1ccc(Cl)cc1.Cl. The van der Waals surface area contributed by atoms with Crippen molar-refractivity contribution in [2.45, 2.75) is 20.3 Å². The molecular weight excluding hydrogens is 505 g/mol. The zero-order valence-corrected chi connectivity index (χ0v) is 22.3. The molecule has 0 bridgehead atoms. The summed E-state index contributed by atoms with van der Waals surface area (Å²) in [6, 6.07) is 13.4. The van der Waals surface area contributed by atoms with Gasteiger partial charge in [-0.3, -0.25) is 9.59 Å². The molecule has 1 N–H and O–H groups in total. The van der Waals surface area contributed by atoms with E-state index in [1.807, 2.05) is 38.9 Å². The van der Waals surface area contributed by atoms with Crippen molar-refractivity contribution in [2.75, 3.05) is 33.9 Å². The van der Waals surface area contributed by atoms with E-state index in [1.165, 1.54) is 0 Å². The minimum atomic E-state index is -0.608. The largest absolute Gasteiger partial charge is 0.507 e. The molecule has 3 rings (SSSR count). The molecule has 0 saturated carbocycles. The van der Waals surface area contributed by atoms with Crippen LogP contribution in [0.15, 0.2) is 65.8 Å². The average molecular weight is 536 g/mol. The first-order chi connectivity index (χ1) is 16.6. The summed E-state index contributed by atoms with van der Waals surface area (Å²) in [7, 11) is 3.83. The summed E-state index contributed by atoms with van der Waals surface area (Å²) in [5.41, 5.74) is 1.94. The normalized spacial score (nSPS) is 12.2. The van der Waals surface area contributed by atoms with Gasteiger partial charge in [0.25, 0.3) is 0 Å². The number of hydrogen-bond acceptors (Lipinski definition) is 7. The number of carbonyl (C=O) groups is 3. The van der Waals surface area contributed by atoms with Crippen molar-refractivity contribution in [2.24, 2.45) is 0 Å². The monoisotopic (exact) mass is 535 g/mol. The lowest BCUT2D eigenvalue weighted by Crippen LogP contribution is -2.23. The van der Waals surface area contributed by atoms with Gasteiger partial charge in [0, 0.05) is 28.3 Å². The summed E-state index contributed by atoms with van der Waals surface area (Å²) in [6.07, 6.45) is 2.11. The Hall–Kier alpha value is -3.13. The van der Waals surface area contributed by atoms with Gasteiger partial charge < -0.3 is 19.5 Å². The lowest BCUT2D eigenvalue weighted by molar-refractivity contribution is -0.146. The van der Waals surface area contributed by atoms with Crippen molar-refractivity contribution >= 4 is 47.3 Å². The maximum Gasteiger partial charge on any atom is 0.344 e. The van der Waals surface area contributed by atoms with E-state index in [0.29, 0.717) is 29.5 Å². The molecule has 0 amide bonds. The van der Waals surface area contributed by atoms with Crippen LogP contribution in [0.25, 0.3) is 5.76 Å². The Morgan fingerprint density at radius 1 is 1.00 bits per heavy atom. The number of nitrogens with zero attached hydrogens (tertiary/aromatic N) is 1. The van der Waals surface area contributed by atoms with Gasteiger partial charge in [0.05, 0.1) is 0 Å². The molecule has 7 nitrogen and oxygen atoms in total. The van der Waals surface area contributed by atoms with Gasteiger partial charge in [-0.1, -0.05) is 47.5 Å². The van der Waals surface area contributed by atoms with Gasteiger partial charge in [-0.25, -0.2) is 4.79 Å². The van der Waals surface area contributed by atoms with Crippen molar-refractivity contribution in [3.05, 3.63) is 81.9 Å². The number of fused-ring (bicyclic) bond motifs is 1. The first kappa shape index (κ1) is 30.9. The second-order valence-corrected chi connectivity index (χ2v) is 8.72. The summed E-state index contributed by atoms with van der Waals surface area (Å²) in [5, 5.41) is 10.7. The Morgan fingerprint density at radius 3 is 2.19 bits per heavy atom. The van der Waals surface area contributed by atoms with Crippen LogP contribution < -0.4 is 4.74 Å². The average Bonchev–Trinajstić information content (AvgIpc) is 2.82. The van der Waals surface area contributed by atoms with Gasteiger partial charge in [0.1, 0.15) is 18.1 Å². The lowest BCUT2D eigenvalue weighted by Gasteiger charge is -2.16. The Bertz CT molecular complexity index is 1120. The number of halogens is 2. The molecule has 1 aliphatic rings. The van der Waals surface area contributed by atoms with E-state index in [4.69, 9.17) is 21.1 Å². The van der Waals surface area contributed by atoms with Gasteiger partial charge in [0.2, 0.25) is 11.6 Å². The molecule has 0 spiro atoms. The predicted molar refractivity (Wildman–Crippen MR) is 143 cm³/mol. The molecule has 0 heterocycles. The summed E-state index contributed by atoms with van der Waals surface area (Å²) in [5.74, 6) is -1.00. The number of hydrogen-bond donors (Lipinski definition) is 1. The fourth-order valence-corrected chi connectivity index (χ4v) is 3.10. The van der Waals surface area contributed by atoms with Gasteiger partial charge >= 0.3 is 5.97 Å². The summed E-state index contributed by atoms with van der Waals surface area (Å²) < 4.78 is 10.2. The van der Waals surface area contributed by atoms with Crippen LogP contribution in [0.4, 0.5) is 0 Å². The van der Waals surface area contributed by atoms with Crippen molar-refractivity contribution in [3.8, 4) is 5.75 Å². The van der Waals surface area contributed by atoms with Crippen LogP contribution in [0.1, 0.15) is 36.2 Å². The highest BCUT2D eigenvalue weighted by Gasteiger charge is 2.31. The van der Waals surface area contributed by atoms with Crippen LogP contribution in [-0.4, -0.2) is 61.4 Å². The Labute approximate surface area is 222 Å². The quantitative estimate of drug-likeness (QED) is 0.277. The molecule has 0 aromatic heterocycles. The first-order valence-electron chi connectivity index (χ1n) is 11.0. The van der Waals surface area contributed by atoms with Crippen molar-refractivity contribution in [3.63, 3.8) is 0 Å². The van der Waals surface area contributed by atoms with Crippen LogP contribution in [-0.2, 0) is 14.3 Å². The first-order valence-corrected chi connectivity index (χ1v) is 11.4. The van der Waals surface area contributed by atoms with E-state index in [0.717, 1.165) is 5.57 Å². The molecule has 2 aromatic rings. The van der Waals surface area contributed by atoms with Crippen molar-refractivity contribution < 1.29 is 29.0 Å². The zero-order valence-electron chi connectivity index (χ0n) is 20.7. The topological polar surface area (TPSA) is 93.1 Å². The fourth-order valence-electron chi connectivity index (χ4n) is 2.97. The van der Waals surface area contributed by atoms with Gasteiger partial charge in [-0.05, 0) is 58.6 Å². The van der Waals surface area contributed by atoms with Crippen LogP contribution in [0, 0.1) is 0 Å². The second kappa shape index (κ2) is 15.1.